The number of nitrogens with zero attached hydrogens (tertiary/aromatic N) is 2. The average molecular weight is 480 g/mol. The minimum Gasteiger partial charge on any atom is -0.279 e. The van der Waals surface area contributed by atoms with Crippen LogP contribution in [-0.2, 0) is 10.1 Å². The quantitative estimate of drug-likeness (QED) is 0.239. The van der Waals surface area contributed by atoms with Gasteiger partial charge in [-0.05, 0) is 12.1 Å². The molecule has 0 aromatic heterocycles. The fraction of sp³-hybridized carbons (Fsp3) is 0.0400. The molecule has 9 heteroatoms. The summed E-state index contributed by atoms with van der Waals surface area (Å²) in [5.74, 6) is 0. The fourth-order valence-corrected chi connectivity index (χ4v) is 4.04. The second kappa shape index (κ2) is 7.89. The zero-order valence-corrected chi connectivity index (χ0v) is 18.1. The molecule has 0 bridgehead atoms. The van der Waals surface area contributed by atoms with Crippen LogP contribution in [0.5, 0.6) is 0 Å². The summed E-state index contributed by atoms with van der Waals surface area (Å²) >= 11 is 0. The van der Waals surface area contributed by atoms with Gasteiger partial charge in [0.15, 0.2) is 0 Å². The van der Waals surface area contributed by atoms with Crippen molar-refractivity contribution in [2.24, 2.45) is 9.98 Å². The van der Waals surface area contributed by atoms with Crippen LogP contribution < -0.4 is 10.7 Å². The number of hydrogen-bond donors (Lipinski definition) is 1. The first kappa shape index (κ1) is 22.0. The molecule has 0 radical (unpaired) electrons. The van der Waals surface area contributed by atoms with Gasteiger partial charge in [0, 0.05) is 32.7 Å². The maximum atomic E-state index is 10.7. The van der Waals surface area contributed by atoms with Gasteiger partial charge in [0.1, 0.15) is 0 Å². The van der Waals surface area contributed by atoms with Crippen LogP contribution in [0.3, 0.4) is 0 Å². The lowest BCUT2D eigenvalue weighted by Crippen LogP contribution is -2.21. The Morgan fingerprint density at radius 2 is 0.941 bits per heavy atom. The van der Waals surface area contributed by atoms with Gasteiger partial charge in [-0.3, -0.25) is 4.55 Å². The molecule has 0 unspecified atom stereocenters. The molecule has 0 atom stereocenters. The molecule has 0 saturated carbocycles. The standard InChI is InChI=1S/C24H14N2.CHF3O3S/c1-3-13-21-15(7-1)17-9-5-11-19(23(17)25-21)20-12-6-10-18-16-8-2-4-14-22(16)26-24(18)20;2-1(3,4)8(5,6)7/h1-14H;(H,5,6,7). The molecule has 4 aromatic rings. The Morgan fingerprint density at radius 1 is 0.588 bits per heavy atom. The highest BCUT2D eigenvalue weighted by atomic mass is 32.2. The smallest absolute Gasteiger partial charge is 0.279 e. The third kappa shape index (κ3) is 3.68. The summed E-state index contributed by atoms with van der Waals surface area (Å²) in [5, 5.41) is 4.39. The van der Waals surface area contributed by atoms with E-state index in [2.05, 4.69) is 72.8 Å². The molecule has 0 spiro atoms. The molecular weight excluding hydrogens is 465 g/mol. The molecule has 2 aliphatic heterocycles. The minimum atomic E-state index is -5.84. The summed E-state index contributed by atoms with van der Waals surface area (Å²) < 4.78 is 57.5. The molecule has 0 fully saturated rings. The lowest BCUT2D eigenvalue weighted by Gasteiger charge is -1.99. The van der Waals surface area contributed by atoms with E-state index in [1.54, 1.807) is 0 Å². The maximum Gasteiger partial charge on any atom is 0.522 e. The molecule has 1 N–H and O–H groups in total. The summed E-state index contributed by atoms with van der Waals surface area (Å²) in [6.07, 6.45) is 0. The Labute approximate surface area is 191 Å². The monoisotopic (exact) mass is 480 g/mol. The van der Waals surface area contributed by atoms with E-state index in [9.17, 15) is 13.2 Å². The van der Waals surface area contributed by atoms with Crippen LogP contribution >= 0.6 is 0 Å². The molecular formula is C25H15F3N2O3S. The Balaban J connectivity index is 0.000000262. The van der Waals surface area contributed by atoms with E-state index < -0.39 is 15.6 Å². The van der Waals surface area contributed by atoms with E-state index in [0.717, 1.165) is 32.5 Å². The normalized spacial score (nSPS) is 13.9. The third-order valence-electron chi connectivity index (χ3n) is 5.51. The van der Waals surface area contributed by atoms with Crippen molar-refractivity contribution in [1.29, 1.82) is 0 Å². The number of alkyl halides is 3. The van der Waals surface area contributed by atoms with Gasteiger partial charge in [0.05, 0.1) is 22.1 Å². The molecule has 34 heavy (non-hydrogen) atoms. The maximum absolute atomic E-state index is 10.7. The van der Waals surface area contributed by atoms with Crippen molar-refractivity contribution in [2.75, 3.05) is 0 Å². The van der Waals surface area contributed by atoms with Crippen LogP contribution in [0, 0.1) is 10.4 Å². The number of fused-ring (bicyclic) bond motifs is 6. The van der Waals surface area contributed by atoms with Crippen molar-refractivity contribution in [3.05, 3.63) is 106 Å². The molecule has 4 aromatic carbocycles. The predicted octanol–water partition coefficient (Wildman–Crippen LogP) is 5.23. The average Bonchev–Trinajstić information content (AvgIpc) is 3.36. The molecule has 170 valence electrons. The van der Waals surface area contributed by atoms with Crippen LogP contribution in [0.1, 0.15) is 0 Å². The zero-order valence-electron chi connectivity index (χ0n) is 17.3. The molecule has 0 aliphatic carbocycles. The van der Waals surface area contributed by atoms with Gasteiger partial charge in [-0.25, -0.2) is 9.98 Å². The van der Waals surface area contributed by atoms with Gasteiger partial charge in [-0.15, -0.1) is 0 Å². The van der Waals surface area contributed by atoms with E-state index in [-0.39, 0.29) is 0 Å². The van der Waals surface area contributed by atoms with Crippen molar-refractivity contribution in [1.82, 2.24) is 0 Å². The zero-order chi connectivity index (χ0) is 24.1. The first-order valence-corrected chi connectivity index (χ1v) is 11.5. The number of benzene rings is 4. The second-order valence-corrected chi connectivity index (χ2v) is 9.00. The summed E-state index contributed by atoms with van der Waals surface area (Å²) in [7, 11) is -5.84. The largest absolute Gasteiger partial charge is 0.522 e. The minimum absolute atomic E-state index is 1.04. The molecule has 2 heterocycles. The van der Waals surface area contributed by atoms with Crippen LogP contribution in [0.2, 0.25) is 0 Å². The van der Waals surface area contributed by atoms with Crippen molar-refractivity contribution in [2.45, 2.75) is 5.51 Å². The Bertz CT molecular complexity index is 1670. The second-order valence-electron chi connectivity index (χ2n) is 7.58. The number of para-hydroxylation sites is 4. The van der Waals surface area contributed by atoms with E-state index in [1.807, 2.05) is 12.1 Å². The van der Waals surface area contributed by atoms with Gasteiger partial charge < -0.3 is 0 Å². The highest BCUT2D eigenvalue weighted by molar-refractivity contribution is 7.86. The van der Waals surface area contributed by atoms with E-state index in [0.29, 0.717) is 0 Å². The SMILES string of the molecule is O=S(=O)(O)C(F)(F)F.c1ccc2c(c1)N=c1c-2cccc1=c1cccc2c1=Nc1ccccc1-2. The first-order chi connectivity index (χ1) is 16.1. The highest BCUT2D eigenvalue weighted by Crippen LogP contribution is 2.33. The van der Waals surface area contributed by atoms with Crippen LogP contribution in [0.15, 0.2) is 94.9 Å². The van der Waals surface area contributed by atoms with Crippen molar-refractivity contribution < 1.29 is 26.1 Å². The van der Waals surface area contributed by atoms with Gasteiger partial charge in [0.2, 0.25) is 0 Å². The summed E-state index contributed by atoms with van der Waals surface area (Å²) in [6.45, 7) is 0. The summed E-state index contributed by atoms with van der Waals surface area (Å²) in [6, 6.07) is 29.5. The predicted molar refractivity (Wildman–Crippen MR) is 121 cm³/mol. The van der Waals surface area contributed by atoms with Crippen LogP contribution in [0.25, 0.3) is 22.3 Å². The molecule has 5 nitrogen and oxygen atoms in total. The number of rotatable bonds is 0. The topological polar surface area (TPSA) is 79.1 Å². The van der Waals surface area contributed by atoms with Gasteiger partial charge in [-0.2, -0.15) is 21.6 Å². The number of halogens is 3. The van der Waals surface area contributed by atoms with Crippen molar-refractivity contribution in [3.8, 4) is 22.3 Å². The lowest BCUT2D eigenvalue weighted by atomic mass is 10.0. The van der Waals surface area contributed by atoms with Crippen molar-refractivity contribution >= 4 is 21.5 Å². The molecule has 0 amide bonds. The third-order valence-corrected chi connectivity index (χ3v) is 6.09. The fourth-order valence-electron chi connectivity index (χ4n) is 4.04. The molecule has 2 aliphatic rings. The van der Waals surface area contributed by atoms with E-state index in [1.165, 1.54) is 22.3 Å². The summed E-state index contributed by atoms with van der Waals surface area (Å²) in [5.41, 5.74) is 1.37. The Kier molecular flexibility index (Phi) is 5.11. The Morgan fingerprint density at radius 3 is 1.32 bits per heavy atom. The van der Waals surface area contributed by atoms with Gasteiger partial charge in [0.25, 0.3) is 0 Å². The van der Waals surface area contributed by atoms with E-state index in [4.69, 9.17) is 23.0 Å². The lowest BCUT2D eigenvalue weighted by molar-refractivity contribution is -0.0510. The molecule has 6 rings (SSSR count). The number of hydrogen-bond acceptors (Lipinski definition) is 4. The molecule has 0 saturated heterocycles. The van der Waals surface area contributed by atoms with Crippen LogP contribution in [-0.4, -0.2) is 18.5 Å². The Hall–Kier alpha value is -3.82. The van der Waals surface area contributed by atoms with Crippen molar-refractivity contribution in [3.63, 3.8) is 0 Å². The van der Waals surface area contributed by atoms with Gasteiger partial charge >= 0.3 is 15.6 Å². The highest BCUT2D eigenvalue weighted by Gasteiger charge is 2.44. The van der Waals surface area contributed by atoms with Crippen LogP contribution in [0.4, 0.5) is 24.5 Å². The summed E-state index contributed by atoms with van der Waals surface area (Å²) in [4.78, 5) is 9.85. The van der Waals surface area contributed by atoms with E-state index >= 15 is 0 Å². The first-order valence-electron chi connectivity index (χ1n) is 10.1. The van der Waals surface area contributed by atoms with Gasteiger partial charge in [-0.1, -0.05) is 72.8 Å².